The lowest BCUT2D eigenvalue weighted by Crippen LogP contribution is -2.00. The third-order valence-corrected chi connectivity index (χ3v) is 9.17. The largest absolute Gasteiger partial charge is 0.340 e. The van der Waals surface area contributed by atoms with Crippen molar-refractivity contribution < 1.29 is 0 Å². The summed E-state index contributed by atoms with van der Waals surface area (Å²) in [6.45, 7) is 7.71. The Morgan fingerprint density at radius 3 is 1.66 bits per heavy atom. The van der Waals surface area contributed by atoms with Crippen LogP contribution >= 0.6 is 0 Å². The van der Waals surface area contributed by atoms with Crippen LogP contribution in [0.2, 0.25) is 0 Å². The highest BCUT2D eigenvalue weighted by atomic mass is 15.0. The summed E-state index contributed by atoms with van der Waals surface area (Å²) < 4.78 is 2.50. The predicted molar refractivity (Wildman–Crippen MR) is 197 cm³/mol. The van der Waals surface area contributed by atoms with E-state index in [9.17, 15) is 0 Å². The van der Waals surface area contributed by atoms with Crippen LogP contribution in [0.4, 0.5) is 0 Å². The Morgan fingerprint density at radius 2 is 1.04 bits per heavy atom. The molecular weight excluding hydrogens is 573 g/mol. The van der Waals surface area contributed by atoms with Gasteiger partial charge in [0.25, 0.3) is 0 Å². The van der Waals surface area contributed by atoms with E-state index in [-0.39, 0.29) is 0 Å². The van der Waals surface area contributed by atoms with Gasteiger partial charge in [0.15, 0.2) is 17.5 Å². The van der Waals surface area contributed by atoms with E-state index in [1.165, 1.54) is 69.7 Å². The van der Waals surface area contributed by atoms with Crippen LogP contribution in [-0.2, 0) is 19.4 Å². The molecule has 0 unspecified atom stereocenters. The summed E-state index contributed by atoms with van der Waals surface area (Å²) in [5.74, 6) is 2.03. The normalized spacial score (nSPS) is 11.5. The van der Waals surface area contributed by atoms with Gasteiger partial charge in [-0.05, 0) is 79.6 Å². The smallest absolute Gasteiger partial charge is 0.164 e. The third kappa shape index (κ3) is 6.20. The Bertz CT molecular complexity index is 2090. The van der Waals surface area contributed by atoms with E-state index in [4.69, 9.17) is 15.0 Å². The third-order valence-electron chi connectivity index (χ3n) is 9.17. The van der Waals surface area contributed by atoms with Crippen LogP contribution in [0.5, 0.6) is 0 Å². The fourth-order valence-electron chi connectivity index (χ4n) is 6.72. The van der Waals surface area contributed by atoms with Crippen LogP contribution in [0.25, 0.3) is 67.1 Å². The maximum absolute atomic E-state index is 5.03. The van der Waals surface area contributed by atoms with E-state index in [2.05, 4.69) is 104 Å². The van der Waals surface area contributed by atoms with E-state index in [0.717, 1.165) is 36.1 Å². The maximum atomic E-state index is 5.03. The number of fused-ring (bicyclic) bond motifs is 3. The highest BCUT2D eigenvalue weighted by Gasteiger charge is 2.18. The Morgan fingerprint density at radius 1 is 0.489 bits per heavy atom. The average Bonchev–Trinajstić information content (AvgIpc) is 3.46. The molecule has 2 aromatic heterocycles. The number of hydrogen-bond acceptors (Lipinski definition) is 3. The Labute approximate surface area is 278 Å². The number of nitrogens with zero attached hydrogens (tertiary/aromatic N) is 4. The summed E-state index contributed by atoms with van der Waals surface area (Å²) >= 11 is 0. The summed E-state index contributed by atoms with van der Waals surface area (Å²) in [5, 5.41) is 2.72. The summed E-state index contributed by atoms with van der Waals surface area (Å²) in [5.41, 5.74) is 10.8. The molecule has 7 rings (SSSR count). The lowest BCUT2D eigenvalue weighted by atomic mass is 9.95. The molecule has 47 heavy (non-hydrogen) atoms. The molecule has 0 spiro atoms. The van der Waals surface area contributed by atoms with Crippen molar-refractivity contribution in [2.75, 3.05) is 0 Å². The van der Waals surface area contributed by atoms with Gasteiger partial charge in [-0.15, -0.1) is 0 Å². The van der Waals surface area contributed by atoms with Crippen LogP contribution in [-0.4, -0.2) is 19.5 Å². The second kappa shape index (κ2) is 13.7. The molecule has 0 fully saturated rings. The molecule has 0 saturated carbocycles. The number of benzene rings is 5. The Balaban J connectivity index is 1.42. The van der Waals surface area contributed by atoms with Crippen molar-refractivity contribution >= 4 is 21.8 Å². The summed E-state index contributed by atoms with van der Waals surface area (Å²) in [6, 6.07) is 41.1. The molecule has 7 aromatic rings. The highest BCUT2D eigenvalue weighted by Crippen LogP contribution is 2.39. The molecule has 0 amide bonds. The lowest BCUT2D eigenvalue weighted by molar-refractivity contribution is 0.794. The van der Waals surface area contributed by atoms with Crippen LogP contribution in [0.15, 0.2) is 115 Å². The molecule has 4 heteroatoms. The van der Waals surface area contributed by atoms with E-state index in [1.807, 2.05) is 36.4 Å². The van der Waals surface area contributed by atoms with Gasteiger partial charge >= 0.3 is 0 Å². The minimum Gasteiger partial charge on any atom is -0.340 e. The molecule has 0 atom stereocenters. The second-order valence-electron chi connectivity index (χ2n) is 12.5. The first-order valence-corrected chi connectivity index (χ1v) is 17.2. The summed E-state index contributed by atoms with van der Waals surface area (Å²) in [4.78, 5) is 15.0. The van der Waals surface area contributed by atoms with Crippen molar-refractivity contribution in [2.24, 2.45) is 0 Å². The highest BCUT2D eigenvalue weighted by molar-refractivity contribution is 6.13. The summed E-state index contributed by atoms with van der Waals surface area (Å²) in [6.07, 6.45) is 6.96. The predicted octanol–water partition coefficient (Wildman–Crippen LogP) is 11.4. The molecule has 0 N–H and O–H groups in total. The van der Waals surface area contributed by atoms with Gasteiger partial charge in [-0.2, -0.15) is 0 Å². The van der Waals surface area contributed by atoms with E-state index in [0.29, 0.717) is 17.5 Å². The Hall–Kier alpha value is -5.09. The SMILES string of the molecule is CCCCc1ccc2c(c1)c1cc(CCCC)cc(-c3cccc(-c4nc(-c5ccccc5)nc(-c5ccccc5)n4)c3)c1n2CC. The van der Waals surface area contributed by atoms with Gasteiger partial charge in [0, 0.05) is 45.1 Å². The zero-order chi connectivity index (χ0) is 32.2. The topological polar surface area (TPSA) is 43.6 Å². The van der Waals surface area contributed by atoms with Crippen LogP contribution in [0.1, 0.15) is 57.6 Å². The number of unbranched alkanes of at least 4 members (excludes halogenated alkanes) is 2. The van der Waals surface area contributed by atoms with Crippen LogP contribution in [0.3, 0.4) is 0 Å². The van der Waals surface area contributed by atoms with Gasteiger partial charge in [0.1, 0.15) is 0 Å². The zero-order valence-electron chi connectivity index (χ0n) is 27.7. The average molecular weight is 615 g/mol. The molecule has 0 aliphatic rings. The van der Waals surface area contributed by atoms with Crippen molar-refractivity contribution in [3.8, 4) is 45.3 Å². The monoisotopic (exact) mass is 614 g/mol. The van der Waals surface area contributed by atoms with Gasteiger partial charge < -0.3 is 4.57 Å². The van der Waals surface area contributed by atoms with Crippen LogP contribution in [0, 0.1) is 0 Å². The molecule has 2 heterocycles. The van der Waals surface area contributed by atoms with Crippen molar-refractivity contribution in [1.29, 1.82) is 0 Å². The second-order valence-corrected chi connectivity index (χ2v) is 12.5. The lowest BCUT2D eigenvalue weighted by Gasteiger charge is -2.13. The first-order chi connectivity index (χ1) is 23.2. The fourth-order valence-corrected chi connectivity index (χ4v) is 6.72. The van der Waals surface area contributed by atoms with Crippen molar-refractivity contribution in [2.45, 2.75) is 65.8 Å². The molecule has 234 valence electrons. The van der Waals surface area contributed by atoms with Gasteiger partial charge in [0.2, 0.25) is 0 Å². The van der Waals surface area contributed by atoms with E-state index < -0.39 is 0 Å². The molecule has 0 saturated heterocycles. The quantitative estimate of drug-likeness (QED) is 0.146. The molecule has 4 nitrogen and oxygen atoms in total. The maximum Gasteiger partial charge on any atom is 0.164 e. The molecule has 0 aliphatic heterocycles. The van der Waals surface area contributed by atoms with Gasteiger partial charge in [-0.3, -0.25) is 0 Å². The number of aryl methyl sites for hydroxylation is 3. The van der Waals surface area contributed by atoms with Crippen molar-refractivity contribution in [3.05, 3.63) is 126 Å². The van der Waals surface area contributed by atoms with E-state index in [1.54, 1.807) is 0 Å². The molecular formula is C43H42N4. The number of rotatable bonds is 11. The molecule has 0 aliphatic carbocycles. The van der Waals surface area contributed by atoms with Crippen LogP contribution < -0.4 is 0 Å². The van der Waals surface area contributed by atoms with Crippen molar-refractivity contribution in [3.63, 3.8) is 0 Å². The van der Waals surface area contributed by atoms with Gasteiger partial charge in [0.05, 0.1) is 5.52 Å². The Kier molecular flexibility index (Phi) is 8.92. The van der Waals surface area contributed by atoms with Crippen molar-refractivity contribution in [1.82, 2.24) is 19.5 Å². The number of aromatic nitrogens is 4. The minimum absolute atomic E-state index is 0.675. The molecule has 5 aromatic carbocycles. The first kappa shape index (κ1) is 30.6. The first-order valence-electron chi connectivity index (χ1n) is 17.2. The fraction of sp³-hybridized carbons (Fsp3) is 0.233. The molecule has 0 radical (unpaired) electrons. The van der Waals surface area contributed by atoms with E-state index >= 15 is 0 Å². The number of hydrogen-bond donors (Lipinski definition) is 0. The van der Waals surface area contributed by atoms with Gasteiger partial charge in [-0.25, -0.2) is 15.0 Å². The summed E-state index contributed by atoms with van der Waals surface area (Å²) in [7, 11) is 0. The minimum atomic E-state index is 0.675. The molecule has 0 bridgehead atoms. The van der Waals surface area contributed by atoms with Gasteiger partial charge in [-0.1, -0.05) is 112 Å². The zero-order valence-corrected chi connectivity index (χ0v) is 27.7. The standard InChI is InChI=1S/C43H42N4/c1-4-7-16-30-24-25-39-37(26-30)38-28-31(17-8-5-2)27-36(40(38)47(39)6-3)34-22-15-23-35(29-34)43-45-41(32-18-11-9-12-19-32)44-42(46-43)33-20-13-10-14-21-33/h9-15,18-29H,4-8,16-17H2,1-3H3.